The van der Waals surface area contributed by atoms with Crippen LogP contribution in [-0.4, -0.2) is 15.6 Å². The molecule has 0 saturated heterocycles. The molecule has 14 heavy (non-hydrogen) atoms. The summed E-state index contributed by atoms with van der Waals surface area (Å²) in [7, 11) is 0. The van der Waals surface area contributed by atoms with Crippen molar-refractivity contribution in [2.45, 2.75) is 52.1 Å². The van der Waals surface area contributed by atoms with E-state index in [-0.39, 0.29) is 6.04 Å². The zero-order valence-electron chi connectivity index (χ0n) is 9.40. The molecular formula is C11H21N3. The molecule has 3 nitrogen and oxygen atoms in total. The lowest BCUT2D eigenvalue weighted by Crippen LogP contribution is -2.19. The maximum atomic E-state index is 5.79. The van der Waals surface area contributed by atoms with Crippen molar-refractivity contribution in [3.05, 3.63) is 18.2 Å². The summed E-state index contributed by atoms with van der Waals surface area (Å²) in [5.74, 6) is 1.63. The van der Waals surface area contributed by atoms with Crippen LogP contribution in [0.2, 0.25) is 0 Å². The fourth-order valence-corrected chi connectivity index (χ4v) is 1.84. The Morgan fingerprint density at radius 2 is 2.21 bits per heavy atom. The predicted molar refractivity (Wildman–Crippen MR) is 59.2 cm³/mol. The van der Waals surface area contributed by atoms with E-state index >= 15 is 0 Å². The average molecular weight is 195 g/mol. The van der Waals surface area contributed by atoms with Crippen molar-refractivity contribution in [2.24, 2.45) is 5.73 Å². The van der Waals surface area contributed by atoms with Crippen LogP contribution in [0.1, 0.15) is 45.4 Å². The second kappa shape index (κ2) is 5.15. The molecule has 1 aromatic heterocycles. The Morgan fingerprint density at radius 1 is 1.50 bits per heavy atom. The fraction of sp³-hybridized carbons (Fsp3) is 0.727. The third-order valence-corrected chi connectivity index (χ3v) is 2.38. The molecule has 1 aromatic rings. The highest BCUT2D eigenvalue weighted by Crippen LogP contribution is 2.18. The SMILES string of the molecule is CCCn1ccnc1C(C)CC(C)N. The van der Waals surface area contributed by atoms with E-state index in [0.29, 0.717) is 5.92 Å². The third-order valence-electron chi connectivity index (χ3n) is 2.38. The summed E-state index contributed by atoms with van der Waals surface area (Å²) >= 11 is 0. The van der Waals surface area contributed by atoms with Gasteiger partial charge in [-0.3, -0.25) is 0 Å². The third kappa shape index (κ3) is 2.84. The zero-order valence-corrected chi connectivity index (χ0v) is 9.40. The summed E-state index contributed by atoms with van der Waals surface area (Å²) in [5.41, 5.74) is 5.79. The summed E-state index contributed by atoms with van der Waals surface area (Å²) in [4.78, 5) is 4.40. The van der Waals surface area contributed by atoms with Gasteiger partial charge < -0.3 is 10.3 Å². The zero-order chi connectivity index (χ0) is 10.6. The van der Waals surface area contributed by atoms with Crippen LogP contribution in [0.25, 0.3) is 0 Å². The van der Waals surface area contributed by atoms with Crippen LogP contribution < -0.4 is 5.73 Å². The highest BCUT2D eigenvalue weighted by Gasteiger charge is 2.12. The van der Waals surface area contributed by atoms with Gasteiger partial charge in [0.1, 0.15) is 5.82 Å². The van der Waals surface area contributed by atoms with Crippen LogP contribution in [0.15, 0.2) is 12.4 Å². The number of imidazole rings is 1. The number of hydrogen-bond acceptors (Lipinski definition) is 2. The fourth-order valence-electron chi connectivity index (χ4n) is 1.84. The van der Waals surface area contributed by atoms with Crippen molar-refractivity contribution >= 4 is 0 Å². The second-order valence-electron chi connectivity index (χ2n) is 4.09. The molecule has 0 amide bonds. The standard InChI is InChI=1S/C11H21N3/c1-4-6-14-7-5-13-11(14)9(2)8-10(3)12/h5,7,9-10H,4,6,8,12H2,1-3H3. The summed E-state index contributed by atoms with van der Waals surface area (Å²) in [6.07, 6.45) is 6.08. The molecule has 0 saturated carbocycles. The van der Waals surface area contributed by atoms with Gasteiger partial charge in [0.25, 0.3) is 0 Å². The van der Waals surface area contributed by atoms with Gasteiger partial charge in [-0.25, -0.2) is 4.98 Å². The van der Waals surface area contributed by atoms with Crippen LogP contribution in [0, 0.1) is 0 Å². The van der Waals surface area contributed by atoms with Gasteiger partial charge in [0.05, 0.1) is 0 Å². The molecule has 0 radical (unpaired) electrons. The number of nitrogens with zero attached hydrogens (tertiary/aromatic N) is 2. The van der Waals surface area contributed by atoms with Gasteiger partial charge in [-0.05, 0) is 19.8 Å². The normalized spacial score (nSPS) is 15.4. The predicted octanol–water partition coefficient (Wildman–Crippen LogP) is 2.13. The molecule has 0 aliphatic rings. The largest absolute Gasteiger partial charge is 0.335 e. The molecule has 0 fully saturated rings. The van der Waals surface area contributed by atoms with Crippen molar-refractivity contribution in [3.63, 3.8) is 0 Å². The van der Waals surface area contributed by atoms with Gasteiger partial charge >= 0.3 is 0 Å². The van der Waals surface area contributed by atoms with Crippen molar-refractivity contribution in [2.75, 3.05) is 0 Å². The van der Waals surface area contributed by atoms with Crippen LogP contribution in [0.4, 0.5) is 0 Å². The Bertz CT molecular complexity index is 265. The maximum Gasteiger partial charge on any atom is 0.111 e. The summed E-state index contributed by atoms with van der Waals surface area (Å²) in [6.45, 7) is 7.47. The molecule has 0 aliphatic carbocycles. The van der Waals surface area contributed by atoms with Gasteiger partial charge in [-0.1, -0.05) is 13.8 Å². The number of nitrogens with two attached hydrogens (primary N) is 1. The van der Waals surface area contributed by atoms with Gasteiger partial charge in [-0.15, -0.1) is 0 Å². The minimum atomic E-state index is 0.247. The smallest absolute Gasteiger partial charge is 0.111 e. The monoisotopic (exact) mass is 195 g/mol. The lowest BCUT2D eigenvalue weighted by molar-refractivity contribution is 0.526. The Morgan fingerprint density at radius 3 is 2.79 bits per heavy atom. The molecule has 1 rings (SSSR count). The van der Waals surface area contributed by atoms with Gasteiger partial charge in [0.2, 0.25) is 0 Å². The number of aromatic nitrogens is 2. The van der Waals surface area contributed by atoms with Gasteiger partial charge in [0, 0.05) is 30.9 Å². The first-order valence-corrected chi connectivity index (χ1v) is 5.41. The van der Waals surface area contributed by atoms with E-state index in [4.69, 9.17) is 5.73 Å². The first kappa shape index (κ1) is 11.2. The first-order valence-electron chi connectivity index (χ1n) is 5.41. The Hall–Kier alpha value is -0.830. The molecule has 1 heterocycles. The maximum absolute atomic E-state index is 5.79. The van der Waals surface area contributed by atoms with Crippen LogP contribution in [0.3, 0.4) is 0 Å². The molecule has 80 valence electrons. The van der Waals surface area contributed by atoms with E-state index < -0.39 is 0 Å². The molecule has 2 unspecified atom stereocenters. The number of aryl methyl sites for hydroxylation is 1. The van der Waals surface area contributed by atoms with Crippen LogP contribution in [0.5, 0.6) is 0 Å². The van der Waals surface area contributed by atoms with Crippen LogP contribution in [-0.2, 0) is 6.54 Å². The Balaban J connectivity index is 2.68. The van der Waals surface area contributed by atoms with E-state index in [1.54, 1.807) is 0 Å². The molecule has 0 spiro atoms. The first-order chi connectivity index (χ1) is 6.65. The minimum absolute atomic E-state index is 0.247. The molecular weight excluding hydrogens is 174 g/mol. The van der Waals surface area contributed by atoms with E-state index in [0.717, 1.165) is 19.4 Å². The van der Waals surface area contributed by atoms with Gasteiger partial charge in [-0.2, -0.15) is 0 Å². The minimum Gasteiger partial charge on any atom is -0.335 e. The van der Waals surface area contributed by atoms with Crippen LogP contribution >= 0.6 is 0 Å². The van der Waals surface area contributed by atoms with Crippen molar-refractivity contribution in [3.8, 4) is 0 Å². The van der Waals surface area contributed by atoms with Gasteiger partial charge in [0.15, 0.2) is 0 Å². The summed E-state index contributed by atoms with van der Waals surface area (Å²) in [6, 6.07) is 0.247. The van der Waals surface area contributed by atoms with Crippen molar-refractivity contribution < 1.29 is 0 Å². The molecule has 0 aromatic carbocycles. The number of rotatable bonds is 5. The molecule has 0 aliphatic heterocycles. The topological polar surface area (TPSA) is 43.8 Å². The highest BCUT2D eigenvalue weighted by molar-refractivity contribution is 4.99. The summed E-state index contributed by atoms with van der Waals surface area (Å²) < 4.78 is 2.23. The van der Waals surface area contributed by atoms with Crippen molar-refractivity contribution in [1.82, 2.24) is 9.55 Å². The van der Waals surface area contributed by atoms with Crippen molar-refractivity contribution in [1.29, 1.82) is 0 Å². The average Bonchev–Trinajstić information content (AvgIpc) is 2.51. The lowest BCUT2D eigenvalue weighted by Gasteiger charge is -2.15. The highest BCUT2D eigenvalue weighted by atomic mass is 15.1. The van der Waals surface area contributed by atoms with E-state index in [9.17, 15) is 0 Å². The quantitative estimate of drug-likeness (QED) is 0.782. The Labute approximate surface area is 86.3 Å². The van der Waals surface area contributed by atoms with E-state index in [2.05, 4.69) is 29.6 Å². The number of hydrogen-bond donors (Lipinski definition) is 1. The summed E-state index contributed by atoms with van der Waals surface area (Å²) in [5, 5.41) is 0. The Kier molecular flexibility index (Phi) is 4.14. The van der Waals surface area contributed by atoms with E-state index in [1.807, 2.05) is 13.1 Å². The van der Waals surface area contributed by atoms with E-state index in [1.165, 1.54) is 5.82 Å². The molecule has 2 atom stereocenters. The molecule has 3 heteroatoms. The molecule has 2 N–H and O–H groups in total. The lowest BCUT2D eigenvalue weighted by atomic mass is 10.0. The second-order valence-corrected chi connectivity index (χ2v) is 4.09. The molecule has 0 bridgehead atoms.